The Kier molecular flexibility index (Phi) is 6.95. The molecule has 0 aliphatic carbocycles. The smallest absolute Gasteiger partial charge is 0.322 e. The van der Waals surface area contributed by atoms with E-state index in [9.17, 15) is 9.59 Å². The molecule has 0 spiro atoms. The van der Waals surface area contributed by atoms with Crippen molar-refractivity contribution in [3.8, 4) is 11.5 Å². The highest BCUT2D eigenvalue weighted by Crippen LogP contribution is 2.35. The standard InChI is InChI=1S/C22H22ClN5O4S/c1-31-15-8-9-18(32-2)16(12-15)25-22(30)28-10-4-7-17(28)20-26-27-21(33-20)19(29)24-14-6-3-5-13(23)11-14/h3,5-6,8-9,11-12,17H,4,7,10H2,1-2H3,(H,24,29)(H,25,30)/t17-/m0/s1. The lowest BCUT2D eigenvalue weighted by Crippen LogP contribution is -2.34. The summed E-state index contributed by atoms with van der Waals surface area (Å²) in [5.41, 5.74) is 1.07. The first-order valence-corrected chi connectivity index (χ1v) is 11.4. The molecule has 172 valence electrons. The zero-order valence-electron chi connectivity index (χ0n) is 18.0. The molecule has 1 aliphatic rings. The average molecular weight is 488 g/mol. The number of amides is 3. The summed E-state index contributed by atoms with van der Waals surface area (Å²) in [6.07, 6.45) is 1.55. The Labute approximate surface area is 199 Å². The summed E-state index contributed by atoms with van der Waals surface area (Å²) in [4.78, 5) is 27.3. The molecule has 11 heteroatoms. The maximum atomic E-state index is 13.1. The van der Waals surface area contributed by atoms with Gasteiger partial charge in [-0.1, -0.05) is 29.0 Å². The van der Waals surface area contributed by atoms with Crippen molar-refractivity contribution in [2.75, 3.05) is 31.4 Å². The van der Waals surface area contributed by atoms with E-state index in [0.717, 1.165) is 12.8 Å². The number of aromatic nitrogens is 2. The third-order valence-corrected chi connectivity index (χ3v) is 6.42. The van der Waals surface area contributed by atoms with E-state index < -0.39 is 0 Å². The molecule has 33 heavy (non-hydrogen) atoms. The highest BCUT2D eigenvalue weighted by Gasteiger charge is 2.33. The van der Waals surface area contributed by atoms with Gasteiger partial charge in [0.05, 0.1) is 25.9 Å². The Bertz CT molecular complexity index is 1170. The van der Waals surface area contributed by atoms with Gasteiger partial charge in [0.1, 0.15) is 16.5 Å². The van der Waals surface area contributed by atoms with Crippen molar-refractivity contribution in [3.05, 3.63) is 57.5 Å². The second kappa shape index (κ2) is 10.1. The van der Waals surface area contributed by atoms with E-state index in [1.807, 2.05) is 0 Å². The second-order valence-electron chi connectivity index (χ2n) is 7.26. The number of carbonyl (C=O) groups is 2. The van der Waals surface area contributed by atoms with Gasteiger partial charge in [-0.25, -0.2) is 4.79 Å². The number of hydrogen-bond acceptors (Lipinski definition) is 7. The van der Waals surface area contributed by atoms with Crippen LogP contribution in [0.3, 0.4) is 0 Å². The van der Waals surface area contributed by atoms with Crippen LogP contribution in [-0.4, -0.2) is 47.8 Å². The molecule has 4 rings (SSSR count). The molecular formula is C22H22ClN5O4S. The molecule has 1 saturated heterocycles. The first-order chi connectivity index (χ1) is 16.0. The number of halogens is 1. The van der Waals surface area contributed by atoms with Gasteiger partial charge in [-0.3, -0.25) is 4.79 Å². The molecule has 3 amide bonds. The first kappa shape index (κ1) is 22.8. The molecule has 0 radical (unpaired) electrons. The van der Waals surface area contributed by atoms with Gasteiger partial charge in [0.2, 0.25) is 5.01 Å². The van der Waals surface area contributed by atoms with Crippen LogP contribution in [0.4, 0.5) is 16.2 Å². The fraction of sp³-hybridized carbons (Fsp3) is 0.273. The quantitative estimate of drug-likeness (QED) is 0.516. The van der Waals surface area contributed by atoms with Gasteiger partial charge >= 0.3 is 6.03 Å². The predicted octanol–water partition coefficient (Wildman–Crippen LogP) is 4.83. The maximum Gasteiger partial charge on any atom is 0.322 e. The summed E-state index contributed by atoms with van der Waals surface area (Å²) in [5, 5.41) is 15.2. The van der Waals surface area contributed by atoms with Crippen molar-refractivity contribution in [2.24, 2.45) is 0 Å². The topological polar surface area (TPSA) is 106 Å². The highest BCUT2D eigenvalue weighted by molar-refractivity contribution is 7.13. The lowest BCUT2D eigenvalue weighted by Gasteiger charge is -2.23. The molecule has 9 nitrogen and oxygen atoms in total. The van der Waals surface area contributed by atoms with Crippen LogP contribution in [0.5, 0.6) is 11.5 Å². The molecule has 1 fully saturated rings. The molecule has 1 aromatic heterocycles. The largest absolute Gasteiger partial charge is 0.497 e. The SMILES string of the molecule is COc1ccc(OC)c(NC(=O)N2CCC[C@H]2c2nnc(C(=O)Nc3cccc(Cl)c3)s2)c1. The minimum Gasteiger partial charge on any atom is -0.497 e. The number of nitrogens with one attached hydrogen (secondary N) is 2. The van der Waals surface area contributed by atoms with E-state index in [1.54, 1.807) is 54.5 Å². The van der Waals surface area contributed by atoms with Gasteiger partial charge in [0, 0.05) is 23.3 Å². The molecule has 2 aromatic carbocycles. The van der Waals surface area contributed by atoms with E-state index >= 15 is 0 Å². The van der Waals surface area contributed by atoms with Crippen molar-refractivity contribution in [2.45, 2.75) is 18.9 Å². The molecule has 0 bridgehead atoms. The summed E-state index contributed by atoms with van der Waals surface area (Å²) in [6.45, 7) is 0.562. The zero-order chi connectivity index (χ0) is 23.4. The van der Waals surface area contributed by atoms with Gasteiger partial charge in [0.15, 0.2) is 0 Å². The Balaban J connectivity index is 1.47. The molecule has 0 unspecified atom stereocenters. The van der Waals surface area contributed by atoms with Gasteiger partial charge in [-0.05, 0) is 43.2 Å². The van der Waals surface area contributed by atoms with Crippen molar-refractivity contribution in [1.82, 2.24) is 15.1 Å². The summed E-state index contributed by atoms with van der Waals surface area (Å²) < 4.78 is 10.6. The third-order valence-electron chi connectivity index (χ3n) is 5.16. The van der Waals surface area contributed by atoms with E-state index in [2.05, 4.69) is 20.8 Å². The van der Waals surface area contributed by atoms with Crippen molar-refractivity contribution in [1.29, 1.82) is 0 Å². The fourth-order valence-electron chi connectivity index (χ4n) is 3.58. The zero-order valence-corrected chi connectivity index (χ0v) is 19.6. The number of ether oxygens (including phenoxy) is 2. The Morgan fingerprint density at radius 3 is 2.73 bits per heavy atom. The number of hydrogen-bond donors (Lipinski definition) is 2. The summed E-state index contributed by atoms with van der Waals surface area (Å²) in [5.74, 6) is 0.746. The van der Waals surface area contributed by atoms with Crippen LogP contribution in [0.1, 0.15) is 33.7 Å². The molecule has 2 N–H and O–H groups in total. The number of urea groups is 1. The maximum absolute atomic E-state index is 13.1. The van der Waals surface area contributed by atoms with Crippen LogP contribution in [0.2, 0.25) is 5.02 Å². The number of anilines is 2. The van der Waals surface area contributed by atoms with Crippen LogP contribution in [-0.2, 0) is 0 Å². The fourth-order valence-corrected chi connectivity index (χ4v) is 4.65. The molecule has 3 aromatic rings. The van der Waals surface area contributed by atoms with Crippen LogP contribution in [0.15, 0.2) is 42.5 Å². The van der Waals surface area contributed by atoms with Crippen molar-refractivity contribution < 1.29 is 19.1 Å². The van der Waals surface area contributed by atoms with E-state index in [-0.39, 0.29) is 23.0 Å². The van der Waals surface area contributed by atoms with Crippen LogP contribution < -0.4 is 20.1 Å². The number of carbonyl (C=O) groups excluding carboxylic acids is 2. The number of rotatable bonds is 6. The van der Waals surface area contributed by atoms with E-state index in [1.165, 1.54) is 18.4 Å². The Morgan fingerprint density at radius 1 is 1.12 bits per heavy atom. The molecule has 1 atom stereocenters. The van der Waals surface area contributed by atoms with Gasteiger partial charge < -0.3 is 25.0 Å². The lowest BCUT2D eigenvalue weighted by molar-refractivity contribution is 0.102. The normalized spacial score (nSPS) is 15.2. The van der Waals surface area contributed by atoms with Gasteiger partial charge in [-0.15, -0.1) is 10.2 Å². The Hall–Kier alpha value is -3.37. The Morgan fingerprint density at radius 2 is 1.97 bits per heavy atom. The number of benzene rings is 2. The number of methoxy groups -OCH3 is 2. The monoisotopic (exact) mass is 487 g/mol. The first-order valence-electron chi connectivity index (χ1n) is 10.2. The van der Waals surface area contributed by atoms with Crippen LogP contribution >= 0.6 is 22.9 Å². The van der Waals surface area contributed by atoms with E-state index in [0.29, 0.717) is 39.4 Å². The minimum atomic E-state index is -0.379. The van der Waals surface area contributed by atoms with Crippen LogP contribution in [0, 0.1) is 0 Å². The summed E-state index contributed by atoms with van der Waals surface area (Å²) in [6, 6.07) is 11.5. The van der Waals surface area contributed by atoms with Crippen molar-refractivity contribution >= 4 is 46.3 Å². The summed E-state index contributed by atoms with van der Waals surface area (Å²) >= 11 is 7.14. The van der Waals surface area contributed by atoms with Gasteiger partial charge in [0.25, 0.3) is 5.91 Å². The van der Waals surface area contributed by atoms with Crippen LogP contribution in [0.25, 0.3) is 0 Å². The second-order valence-corrected chi connectivity index (χ2v) is 8.70. The summed E-state index contributed by atoms with van der Waals surface area (Å²) in [7, 11) is 3.09. The number of nitrogens with zero attached hydrogens (tertiary/aromatic N) is 3. The third kappa shape index (κ3) is 5.18. The molecule has 1 aliphatic heterocycles. The number of likely N-dealkylation sites (tertiary alicyclic amines) is 1. The van der Waals surface area contributed by atoms with Gasteiger partial charge in [-0.2, -0.15) is 0 Å². The predicted molar refractivity (Wildman–Crippen MR) is 127 cm³/mol. The highest BCUT2D eigenvalue weighted by atomic mass is 35.5. The minimum absolute atomic E-state index is 0.215. The molecule has 0 saturated carbocycles. The molecular weight excluding hydrogens is 466 g/mol. The lowest BCUT2D eigenvalue weighted by atomic mass is 10.2. The molecule has 2 heterocycles. The van der Waals surface area contributed by atoms with Crippen molar-refractivity contribution in [3.63, 3.8) is 0 Å². The average Bonchev–Trinajstić information content (AvgIpc) is 3.48. The van der Waals surface area contributed by atoms with E-state index in [4.69, 9.17) is 21.1 Å².